The number of ether oxygens (including phenoxy) is 2. The summed E-state index contributed by atoms with van der Waals surface area (Å²) in [5, 5.41) is 9.19. The van der Waals surface area contributed by atoms with E-state index < -0.39 is 0 Å². The van der Waals surface area contributed by atoms with Crippen molar-refractivity contribution < 1.29 is 19.4 Å². The first-order chi connectivity index (χ1) is 9.22. The molecule has 98 valence electrons. The van der Waals surface area contributed by atoms with Gasteiger partial charge in [0.2, 0.25) is 0 Å². The fraction of sp³-hybridized carbons (Fsp3) is 0.133. The van der Waals surface area contributed by atoms with Crippen LogP contribution in [0.3, 0.4) is 0 Å². The number of carbonyl (C=O) groups is 1. The van der Waals surface area contributed by atoms with Crippen LogP contribution in [0, 0.1) is 0 Å². The normalized spacial score (nSPS) is 9.95. The van der Waals surface area contributed by atoms with Crippen LogP contribution in [0.15, 0.2) is 42.5 Å². The molecule has 19 heavy (non-hydrogen) atoms. The minimum atomic E-state index is 0.212. The number of aldehydes is 1. The molecule has 0 fully saturated rings. The van der Waals surface area contributed by atoms with Gasteiger partial charge in [-0.3, -0.25) is 4.79 Å². The predicted molar refractivity (Wildman–Crippen MR) is 70.8 cm³/mol. The van der Waals surface area contributed by atoms with Crippen LogP contribution in [-0.2, 0) is 6.61 Å². The molecule has 4 heteroatoms. The maximum atomic E-state index is 10.7. The summed E-state index contributed by atoms with van der Waals surface area (Å²) in [7, 11) is 1.54. The molecule has 4 nitrogen and oxygen atoms in total. The van der Waals surface area contributed by atoms with E-state index in [9.17, 15) is 9.90 Å². The zero-order valence-corrected chi connectivity index (χ0v) is 10.5. The number of hydrogen-bond donors (Lipinski definition) is 1. The molecule has 0 atom stereocenters. The lowest BCUT2D eigenvalue weighted by Gasteiger charge is -2.11. The Morgan fingerprint density at radius 3 is 2.47 bits per heavy atom. The smallest absolute Gasteiger partial charge is 0.162 e. The summed E-state index contributed by atoms with van der Waals surface area (Å²) in [5.74, 6) is 1.30. The standard InChI is InChI=1S/C15H14O4/c1-18-14-7-4-12(9-16)8-15(14)19-10-11-2-5-13(17)6-3-11/h2-9,17H,10H2,1H3. The topological polar surface area (TPSA) is 55.8 Å². The third-order valence-electron chi connectivity index (χ3n) is 2.65. The fourth-order valence-corrected chi connectivity index (χ4v) is 1.63. The summed E-state index contributed by atoms with van der Waals surface area (Å²) in [6.45, 7) is 0.332. The lowest BCUT2D eigenvalue weighted by Crippen LogP contribution is -1.98. The zero-order chi connectivity index (χ0) is 13.7. The molecule has 2 rings (SSSR count). The Kier molecular flexibility index (Phi) is 4.03. The summed E-state index contributed by atoms with van der Waals surface area (Å²) < 4.78 is 10.8. The molecule has 0 aliphatic rings. The molecular formula is C15H14O4. The van der Waals surface area contributed by atoms with Crippen molar-refractivity contribution in [2.75, 3.05) is 7.11 Å². The van der Waals surface area contributed by atoms with Gasteiger partial charge in [-0.25, -0.2) is 0 Å². The molecule has 0 spiro atoms. The second-order valence-electron chi connectivity index (χ2n) is 3.98. The van der Waals surface area contributed by atoms with Crippen molar-refractivity contribution in [2.24, 2.45) is 0 Å². The second-order valence-corrected chi connectivity index (χ2v) is 3.98. The molecule has 0 unspecified atom stereocenters. The number of hydrogen-bond acceptors (Lipinski definition) is 4. The third kappa shape index (κ3) is 3.25. The van der Waals surface area contributed by atoms with Gasteiger partial charge in [0.05, 0.1) is 7.11 Å². The van der Waals surface area contributed by atoms with Gasteiger partial charge < -0.3 is 14.6 Å². The molecule has 0 aliphatic carbocycles. The van der Waals surface area contributed by atoms with Gasteiger partial charge in [0.1, 0.15) is 18.6 Å². The average Bonchev–Trinajstić information content (AvgIpc) is 2.46. The van der Waals surface area contributed by atoms with Crippen LogP contribution < -0.4 is 9.47 Å². The maximum absolute atomic E-state index is 10.7. The Balaban J connectivity index is 2.13. The monoisotopic (exact) mass is 258 g/mol. The van der Waals surface area contributed by atoms with E-state index in [1.54, 1.807) is 49.6 Å². The Morgan fingerprint density at radius 2 is 1.84 bits per heavy atom. The van der Waals surface area contributed by atoms with Crippen molar-refractivity contribution in [1.82, 2.24) is 0 Å². The van der Waals surface area contributed by atoms with E-state index in [0.29, 0.717) is 23.7 Å². The number of aromatic hydroxyl groups is 1. The largest absolute Gasteiger partial charge is 0.508 e. The van der Waals surface area contributed by atoms with Crippen molar-refractivity contribution in [2.45, 2.75) is 6.61 Å². The lowest BCUT2D eigenvalue weighted by atomic mass is 10.2. The number of benzene rings is 2. The highest BCUT2D eigenvalue weighted by Crippen LogP contribution is 2.28. The summed E-state index contributed by atoms with van der Waals surface area (Å²) in [6, 6.07) is 11.7. The summed E-state index contributed by atoms with van der Waals surface area (Å²) in [5.41, 5.74) is 1.44. The first-order valence-corrected chi connectivity index (χ1v) is 5.77. The minimum Gasteiger partial charge on any atom is -0.508 e. The van der Waals surface area contributed by atoms with Gasteiger partial charge in [-0.1, -0.05) is 12.1 Å². The average molecular weight is 258 g/mol. The van der Waals surface area contributed by atoms with Gasteiger partial charge in [0.15, 0.2) is 11.5 Å². The molecule has 1 N–H and O–H groups in total. The molecule has 0 saturated carbocycles. The van der Waals surface area contributed by atoms with Crippen LogP contribution in [0.1, 0.15) is 15.9 Å². The molecule has 2 aromatic rings. The lowest BCUT2D eigenvalue weighted by molar-refractivity contribution is 0.112. The fourth-order valence-electron chi connectivity index (χ4n) is 1.63. The number of phenolic OH excluding ortho intramolecular Hbond substituents is 1. The van der Waals surface area contributed by atoms with Crippen molar-refractivity contribution in [3.05, 3.63) is 53.6 Å². The van der Waals surface area contributed by atoms with Crippen LogP contribution in [0.4, 0.5) is 0 Å². The summed E-state index contributed by atoms with van der Waals surface area (Å²) in [6.07, 6.45) is 0.757. The van der Waals surface area contributed by atoms with Crippen LogP contribution in [0.25, 0.3) is 0 Å². The summed E-state index contributed by atoms with van der Waals surface area (Å²) >= 11 is 0. The van der Waals surface area contributed by atoms with Gasteiger partial charge in [-0.05, 0) is 35.9 Å². The Morgan fingerprint density at radius 1 is 1.11 bits per heavy atom. The zero-order valence-electron chi connectivity index (χ0n) is 10.5. The minimum absolute atomic E-state index is 0.212. The van der Waals surface area contributed by atoms with Gasteiger partial charge in [0, 0.05) is 5.56 Å². The Hall–Kier alpha value is -2.49. The molecule has 0 amide bonds. The van der Waals surface area contributed by atoms with E-state index >= 15 is 0 Å². The molecule has 2 aromatic carbocycles. The highest BCUT2D eigenvalue weighted by Gasteiger charge is 2.06. The Labute approximate surface area is 111 Å². The first-order valence-electron chi connectivity index (χ1n) is 5.77. The van der Waals surface area contributed by atoms with Crippen molar-refractivity contribution in [3.63, 3.8) is 0 Å². The SMILES string of the molecule is COc1ccc(C=O)cc1OCc1ccc(O)cc1. The van der Waals surface area contributed by atoms with Gasteiger partial charge in [-0.15, -0.1) is 0 Å². The van der Waals surface area contributed by atoms with Crippen molar-refractivity contribution in [1.29, 1.82) is 0 Å². The van der Waals surface area contributed by atoms with E-state index in [1.165, 1.54) is 0 Å². The predicted octanol–water partition coefficient (Wildman–Crippen LogP) is 2.79. The molecular weight excluding hydrogens is 244 g/mol. The quantitative estimate of drug-likeness (QED) is 0.838. The number of phenols is 1. The number of carbonyl (C=O) groups excluding carboxylic acids is 1. The second kappa shape index (κ2) is 5.91. The summed E-state index contributed by atoms with van der Waals surface area (Å²) in [4.78, 5) is 10.7. The van der Waals surface area contributed by atoms with E-state index in [-0.39, 0.29) is 5.75 Å². The van der Waals surface area contributed by atoms with E-state index in [2.05, 4.69) is 0 Å². The van der Waals surface area contributed by atoms with E-state index in [1.807, 2.05) is 0 Å². The third-order valence-corrected chi connectivity index (χ3v) is 2.65. The van der Waals surface area contributed by atoms with Crippen LogP contribution in [0.2, 0.25) is 0 Å². The number of methoxy groups -OCH3 is 1. The van der Waals surface area contributed by atoms with Gasteiger partial charge in [0.25, 0.3) is 0 Å². The van der Waals surface area contributed by atoms with Crippen LogP contribution in [-0.4, -0.2) is 18.5 Å². The van der Waals surface area contributed by atoms with Gasteiger partial charge in [-0.2, -0.15) is 0 Å². The molecule has 0 radical (unpaired) electrons. The molecule has 0 aliphatic heterocycles. The van der Waals surface area contributed by atoms with E-state index in [0.717, 1.165) is 11.8 Å². The molecule has 0 saturated heterocycles. The van der Waals surface area contributed by atoms with Crippen molar-refractivity contribution in [3.8, 4) is 17.2 Å². The maximum Gasteiger partial charge on any atom is 0.162 e. The van der Waals surface area contributed by atoms with Gasteiger partial charge >= 0.3 is 0 Å². The highest BCUT2D eigenvalue weighted by molar-refractivity contribution is 5.76. The van der Waals surface area contributed by atoms with Crippen LogP contribution >= 0.6 is 0 Å². The van der Waals surface area contributed by atoms with Crippen molar-refractivity contribution >= 4 is 6.29 Å². The molecule has 0 heterocycles. The number of rotatable bonds is 5. The Bertz CT molecular complexity index is 561. The highest BCUT2D eigenvalue weighted by atomic mass is 16.5. The first kappa shape index (κ1) is 13.0. The van der Waals surface area contributed by atoms with E-state index in [4.69, 9.17) is 9.47 Å². The van der Waals surface area contributed by atoms with Crippen LogP contribution in [0.5, 0.6) is 17.2 Å². The molecule has 0 bridgehead atoms. The molecule has 0 aromatic heterocycles.